The van der Waals surface area contributed by atoms with Gasteiger partial charge >= 0.3 is 0 Å². The van der Waals surface area contributed by atoms with Crippen LogP contribution >= 0.6 is 0 Å². The second-order valence-electron chi connectivity index (χ2n) is 9.15. The van der Waals surface area contributed by atoms with Gasteiger partial charge < -0.3 is 10.3 Å². The Morgan fingerprint density at radius 1 is 1.00 bits per heavy atom. The average Bonchev–Trinajstić information content (AvgIpc) is 3.15. The number of nitrogens with one attached hydrogen (secondary N) is 2. The summed E-state index contributed by atoms with van der Waals surface area (Å²) < 4.78 is 25.3. The number of sulfone groups is 1. The van der Waals surface area contributed by atoms with Crippen molar-refractivity contribution in [2.45, 2.75) is 39.4 Å². The van der Waals surface area contributed by atoms with Gasteiger partial charge in [-0.15, -0.1) is 0 Å². The summed E-state index contributed by atoms with van der Waals surface area (Å²) in [5.41, 5.74) is 6.67. The van der Waals surface area contributed by atoms with Crippen LogP contribution in [-0.4, -0.2) is 45.3 Å². The number of carbonyl (C=O) groups excluding carboxylic acids is 1. The predicted octanol–water partition coefficient (Wildman–Crippen LogP) is 2.80. The summed E-state index contributed by atoms with van der Waals surface area (Å²) in [6.45, 7) is 7.49. The van der Waals surface area contributed by atoms with Crippen molar-refractivity contribution in [3.05, 3.63) is 80.7 Å². The van der Waals surface area contributed by atoms with Crippen LogP contribution in [0.4, 0.5) is 0 Å². The molecule has 0 atom stereocenters. The molecule has 192 valence electrons. The second kappa shape index (κ2) is 9.74. The lowest BCUT2D eigenvalue weighted by molar-refractivity contribution is 0.0950. The van der Waals surface area contributed by atoms with Gasteiger partial charge in [0, 0.05) is 60.2 Å². The Morgan fingerprint density at radius 3 is 2.24 bits per heavy atom. The number of benzene rings is 1. The fourth-order valence-electron chi connectivity index (χ4n) is 4.32. The number of amides is 1. The topological polar surface area (TPSA) is 140 Å². The maximum absolute atomic E-state index is 13.4. The highest BCUT2D eigenvalue weighted by Crippen LogP contribution is 2.33. The second-order valence-corrected chi connectivity index (χ2v) is 11.1. The van der Waals surface area contributed by atoms with E-state index < -0.39 is 9.84 Å². The normalized spacial score (nSPS) is 11.5. The standard InChI is InChI=1S/C26H28N6O4S/c1-14-7-16(3)31-25(34)22(14)13-27-24(33)21-9-18(19-11-28-26(29-12-19)37(6,35)36)8-20(17(21)4)23-15(2)10-30-32(23)5/h7-12H,13H2,1-6H3,(H,27,33)(H,31,34). The predicted molar refractivity (Wildman–Crippen MR) is 140 cm³/mol. The van der Waals surface area contributed by atoms with Crippen LogP contribution in [0.5, 0.6) is 0 Å². The van der Waals surface area contributed by atoms with E-state index in [-0.39, 0.29) is 23.2 Å². The number of rotatable bonds is 6. The monoisotopic (exact) mass is 520 g/mol. The van der Waals surface area contributed by atoms with Gasteiger partial charge in [-0.3, -0.25) is 14.3 Å². The molecular formula is C26H28N6O4S. The largest absolute Gasteiger partial charge is 0.348 e. The molecule has 3 heterocycles. The number of hydrogen-bond acceptors (Lipinski definition) is 7. The quantitative estimate of drug-likeness (QED) is 0.373. The number of hydrogen-bond donors (Lipinski definition) is 2. The highest BCUT2D eigenvalue weighted by atomic mass is 32.2. The lowest BCUT2D eigenvalue weighted by Crippen LogP contribution is -2.28. The maximum atomic E-state index is 13.4. The zero-order valence-corrected chi connectivity index (χ0v) is 22.3. The summed E-state index contributed by atoms with van der Waals surface area (Å²) in [7, 11) is -1.73. The van der Waals surface area contributed by atoms with E-state index in [4.69, 9.17) is 0 Å². The summed E-state index contributed by atoms with van der Waals surface area (Å²) in [5.74, 6) is -0.353. The number of aryl methyl sites for hydroxylation is 4. The first kappa shape index (κ1) is 26.0. The highest BCUT2D eigenvalue weighted by Gasteiger charge is 2.20. The molecule has 0 aliphatic heterocycles. The zero-order valence-electron chi connectivity index (χ0n) is 21.5. The molecule has 0 aliphatic rings. The molecule has 2 N–H and O–H groups in total. The lowest BCUT2D eigenvalue weighted by Gasteiger charge is -2.16. The van der Waals surface area contributed by atoms with Gasteiger partial charge in [0.2, 0.25) is 15.0 Å². The molecular weight excluding hydrogens is 492 g/mol. The first-order valence-electron chi connectivity index (χ1n) is 11.5. The third-order valence-electron chi connectivity index (χ3n) is 6.24. The van der Waals surface area contributed by atoms with Crippen molar-refractivity contribution >= 4 is 15.7 Å². The van der Waals surface area contributed by atoms with Crippen LogP contribution in [-0.2, 0) is 23.4 Å². The minimum atomic E-state index is -3.55. The Balaban J connectivity index is 1.80. The van der Waals surface area contributed by atoms with Crippen molar-refractivity contribution in [1.82, 2.24) is 30.0 Å². The minimum absolute atomic E-state index is 0.0657. The van der Waals surface area contributed by atoms with Crippen molar-refractivity contribution < 1.29 is 13.2 Å². The van der Waals surface area contributed by atoms with Crippen molar-refractivity contribution in [1.29, 1.82) is 0 Å². The van der Waals surface area contributed by atoms with Crippen LogP contribution in [0.3, 0.4) is 0 Å². The zero-order chi connectivity index (χ0) is 27.1. The van der Waals surface area contributed by atoms with Crippen LogP contribution in [0.2, 0.25) is 0 Å². The Morgan fingerprint density at radius 2 is 1.68 bits per heavy atom. The van der Waals surface area contributed by atoms with Crippen molar-refractivity contribution in [3.63, 3.8) is 0 Å². The Hall–Kier alpha value is -4.12. The first-order valence-corrected chi connectivity index (χ1v) is 13.4. The third-order valence-corrected chi connectivity index (χ3v) is 7.12. The van der Waals surface area contributed by atoms with Gasteiger partial charge in [-0.1, -0.05) is 0 Å². The molecule has 4 rings (SSSR count). The van der Waals surface area contributed by atoms with Gasteiger partial charge in [0.1, 0.15) is 0 Å². The van der Waals surface area contributed by atoms with E-state index >= 15 is 0 Å². The van der Waals surface area contributed by atoms with E-state index in [1.54, 1.807) is 23.9 Å². The van der Waals surface area contributed by atoms with Crippen LogP contribution in [0.25, 0.3) is 22.4 Å². The van der Waals surface area contributed by atoms with Crippen molar-refractivity contribution in [3.8, 4) is 22.4 Å². The number of aromatic nitrogens is 5. The Bertz CT molecular complexity index is 1670. The maximum Gasteiger partial charge on any atom is 0.253 e. The van der Waals surface area contributed by atoms with Gasteiger partial charge in [-0.2, -0.15) is 5.10 Å². The molecule has 1 amide bonds. The van der Waals surface area contributed by atoms with E-state index in [0.29, 0.717) is 22.3 Å². The highest BCUT2D eigenvalue weighted by molar-refractivity contribution is 7.90. The molecule has 10 nitrogen and oxygen atoms in total. The smallest absolute Gasteiger partial charge is 0.253 e. The number of pyridine rings is 1. The van der Waals surface area contributed by atoms with Crippen LogP contribution in [0, 0.1) is 27.7 Å². The molecule has 0 aliphatic carbocycles. The lowest BCUT2D eigenvalue weighted by atomic mass is 9.92. The van der Waals surface area contributed by atoms with Crippen LogP contribution in [0.1, 0.15) is 38.3 Å². The SMILES string of the molecule is Cc1cc(C)c(CNC(=O)c2cc(-c3cnc(S(C)(=O)=O)nc3)cc(-c3c(C)cnn3C)c2C)c(=O)[nH]1. The number of H-pyrrole nitrogens is 1. The van der Waals surface area contributed by atoms with E-state index in [1.165, 1.54) is 12.4 Å². The first-order chi connectivity index (χ1) is 17.4. The van der Waals surface area contributed by atoms with E-state index in [0.717, 1.165) is 39.9 Å². The van der Waals surface area contributed by atoms with Gasteiger partial charge in [0.15, 0.2) is 0 Å². The molecule has 3 aromatic heterocycles. The molecule has 0 bridgehead atoms. The van der Waals surface area contributed by atoms with E-state index in [1.807, 2.05) is 40.0 Å². The van der Waals surface area contributed by atoms with Gasteiger partial charge in [-0.05, 0) is 68.1 Å². The van der Waals surface area contributed by atoms with E-state index in [9.17, 15) is 18.0 Å². The summed E-state index contributed by atoms with van der Waals surface area (Å²) in [6.07, 6.45) is 5.63. The molecule has 11 heteroatoms. The molecule has 0 saturated carbocycles. The molecule has 0 fully saturated rings. The summed E-state index contributed by atoms with van der Waals surface area (Å²) in [4.78, 5) is 36.6. The number of aromatic amines is 1. The van der Waals surface area contributed by atoms with Gasteiger partial charge in [0.25, 0.3) is 11.5 Å². The Labute approximate surface area is 214 Å². The van der Waals surface area contributed by atoms with E-state index in [2.05, 4.69) is 25.4 Å². The molecule has 0 unspecified atom stereocenters. The molecule has 0 radical (unpaired) electrons. The fraction of sp³-hybridized carbons (Fsp3) is 0.269. The number of carbonyl (C=O) groups is 1. The third kappa shape index (κ3) is 5.21. The van der Waals surface area contributed by atoms with Gasteiger partial charge in [0.05, 0.1) is 11.9 Å². The summed E-state index contributed by atoms with van der Waals surface area (Å²) >= 11 is 0. The van der Waals surface area contributed by atoms with Crippen molar-refractivity contribution in [2.75, 3.05) is 6.26 Å². The number of nitrogens with zero attached hydrogens (tertiary/aromatic N) is 4. The molecule has 4 aromatic rings. The minimum Gasteiger partial charge on any atom is -0.348 e. The molecule has 37 heavy (non-hydrogen) atoms. The summed E-state index contributed by atoms with van der Waals surface area (Å²) in [6, 6.07) is 5.48. The average molecular weight is 521 g/mol. The molecule has 1 aromatic carbocycles. The molecule has 0 saturated heterocycles. The van der Waals surface area contributed by atoms with Crippen LogP contribution in [0.15, 0.2) is 46.7 Å². The summed E-state index contributed by atoms with van der Waals surface area (Å²) in [5, 5.41) is 6.94. The Kier molecular flexibility index (Phi) is 6.83. The fourth-order valence-corrected chi connectivity index (χ4v) is 4.81. The van der Waals surface area contributed by atoms with Crippen LogP contribution < -0.4 is 10.9 Å². The van der Waals surface area contributed by atoms with Gasteiger partial charge in [-0.25, -0.2) is 18.4 Å². The van der Waals surface area contributed by atoms with Crippen molar-refractivity contribution in [2.24, 2.45) is 7.05 Å². The molecule has 0 spiro atoms.